The van der Waals surface area contributed by atoms with Gasteiger partial charge >= 0.3 is 5.97 Å². The maximum atomic E-state index is 12.9. The SMILES string of the molecule is CC(C)(C)OC(C)(/C=C/C=O)OC(=O)c1ccc(F)cc1. The molecule has 21 heavy (non-hydrogen) atoms. The molecule has 0 amide bonds. The molecule has 0 aliphatic rings. The molecular weight excluding hydrogens is 275 g/mol. The molecule has 0 aliphatic heterocycles. The number of hydrogen-bond acceptors (Lipinski definition) is 4. The van der Waals surface area contributed by atoms with Gasteiger partial charge in [-0.3, -0.25) is 4.79 Å². The third-order valence-electron chi connectivity index (χ3n) is 2.36. The van der Waals surface area contributed by atoms with Crippen molar-refractivity contribution in [3.05, 3.63) is 47.8 Å². The fourth-order valence-electron chi connectivity index (χ4n) is 1.74. The van der Waals surface area contributed by atoms with Crippen molar-refractivity contribution in [2.75, 3.05) is 0 Å². The van der Waals surface area contributed by atoms with Crippen molar-refractivity contribution in [2.24, 2.45) is 0 Å². The number of hydrogen-bond donors (Lipinski definition) is 0. The molecule has 0 N–H and O–H groups in total. The lowest BCUT2D eigenvalue weighted by atomic mass is 10.1. The second-order valence-electron chi connectivity index (χ2n) is 5.62. The third kappa shape index (κ3) is 5.87. The number of aldehydes is 1. The van der Waals surface area contributed by atoms with Gasteiger partial charge in [0.05, 0.1) is 11.2 Å². The van der Waals surface area contributed by atoms with E-state index in [1.54, 1.807) is 20.8 Å². The van der Waals surface area contributed by atoms with Gasteiger partial charge in [-0.1, -0.05) is 0 Å². The molecule has 0 radical (unpaired) electrons. The van der Waals surface area contributed by atoms with Crippen molar-refractivity contribution in [1.29, 1.82) is 0 Å². The molecule has 1 unspecified atom stereocenters. The van der Waals surface area contributed by atoms with Crippen LogP contribution < -0.4 is 0 Å². The third-order valence-corrected chi connectivity index (χ3v) is 2.36. The second-order valence-corrected chi connectivity index (χ2v) is 5.62. The van der Waals surface area contributed by atoms with Gasteiger partial charge in [-0.05, 0) is 57.2 Å². The lowest BCUT2D eigenvalue weighted by molar-refractivity contribution is -0.211. The highest BCUT2D eigenvalue weighted by Crippen LogP contribution is 2.24. The van der Waals surface area contributed by atoms with Gasteiger partial charge in [0.1, 0.15) is 12.1 Å². The van der Waals surface area contributed by atoms with Crippen LogP contribution in [-0.4, -0.2) is 23.6 Å². The fourth-order valence-corrected chi connectivity index (χ4v) is 1.74. The molecule has 0 fully saturated rings. The smallest absolute Gasteiger partial charge is 0.340 e. The summed E-state index contributed by atoms with van der Waals surface area (Å²) in [6.45, 7) is 6.92. The maximum Gasteiger partial charge on any atom is 0.340 e. The van der Waals surface area contributed by atoms with Crippen molar-refractivity contribution < 1.29 is 23.5 Å². The van der Waals surface area contributed by atoms with Crippen LogP contribution in [0.15, 0.2) is 36.4 Å². The number of rotatable bonds is 5. The summed E-state index contributed by atoms with van der Waals surface area (Å²) in [5, 5.41) is 0. The van der Waals surface area contributed by atoms with Gasteiger partial charge < -0.3 is 9.47 Å². The van der Waals surface area contributed by atoms with Crippen LogP contribution in [0, 0.1) is 5.82 Å². The van der Waals surface area contributed by atoms with E-state index in [9.17, 15) is 14.0 Å². The summed E-state index contributed by atoms with van der Waals surface area (Å²) in [6, 6.07) is 4.97. The van der Waals surface area contributed by atoms with Gasteiger partial charge in [0.2, 0.25) is 5.79 Å². The summed E-state index contributed by atoms with van der Waals surface area (Å²) in [7, 11) is 0. The Morgan fingerprint density at radius 2 is 1.71 bits per heavy atom. The topological polar surface area (TPSA) is 52.6 Å². The van der Waals surface area contributed by atoms with Crippen LogP contribution in [0.2, 0.25) is 0 Å². The Morgan fingerprint density at radius 1 is 1.14 bits per heavy atom. The highest BCUT2D eigenvalue weighted by Gasteiger charge is 2.32. The van der Waals surface area contributed by atoms with Gasteiger partial charge in [0.15, 0.2) is 0 Å². The van der Waals surface area contributed by atoms with Crippen LogP contribution in [0.25, 0.3) is 0 Å². The van der Waals surface area contributed by atoms with Crippen LogP contribution in [-0.2, 0) is 14.3 Å². The lowest BCUT2D eigenvalue weighted by Gasteiger charge is -2.33. The molecule has 0 aromatic heterocycles. The molecule has 0 saturated heterocycles. The van der Waals surface area contributed by atoms with Crippen molar-refractivity contribution in [2.45, 2.75) is 39.1 Å². The van der Waals surface area contributed by atoms with Gasteiger partial charge in [0, 0.05) is 6.92 Å². The zero-order chi connectivity index (χ0) is 16.1. The zero-order valence-electron chi connectivity index (χ0n) is 12.6. The molecular formula is C16H19FO4. The van der Waals surface area contributed by atoms with Crippen molar-refractivity contribution in [3.63, 3.8) is 0 Å². The summed E-state index contributed by atoms with van der Waals surface area (Å²) in [6.07, 6.45) is 3.12. The molecule has 4 nitrogen and oxygen atoms in total. The highest BCUT2D eigenvalue weighted by molar-refractivity contribution is 5.89. The molecule has 0 aliphatic carbocycles. The average molecular weight is 294 g/mol. The van der Waals surface area contributed by atoms with Gasteiger partial charge in [-0.2, -0.15) is 0 Å². The van der Waals surface area contributed by atoms with E-state index in [2.05, 4.69) is 0 Å². The standard InChI is InChI=1S/C16H19FO4/c1-15(2,3)21-16(4,10-5-11-18)20-14(19)12-6-8-13(17)9-7-12/h5-11H,1-4H3/b10-5+. The number of carbonyl (C=O) groups excluding carboxylic acids is 2. The Hall–Kier alpha value is -2.01. The Balaban J connectivity index is 2.95. The van der Waals surface area contributed by atoms with Crippen LogP contribution in [0.4, 0.5) is 4.39 Å². The minimum absolute atomic E-state index is 0.194. The average Bonchev–Trinajstić information content (AvgIpc) is 2.34. The molecule has 1 rings (SSSR count). The van der Waals surface area contributed by atoms with Gasteiger partial charge in [-0.15, -0.1) is 0 Å². The van der Waals surface area contributed by atoms with Crippen molar-refractivity contribution in [3.8, 4) is 0 Å². The molecule has 0 heterocycles. The molecule has 1 aromatic carbocycles. The number of esters is 1. The first-order chi connectivity index (χ1) is 9.65. The van der Waals surface area contributed by atoms with Crippen LogP contribution in [0.1, 0.15) is 38.1 Å². The Kier molecular flexibility index (Phi) is 5.38. The van der Waals surface area contributed by atoms with Crippen LogP contribution >= 0.6 is 0 Å². The fraction of sp³-hybridized carbons (Fsp3) is 0.375. The summed E-state index contributed by atoms with van der Waals surface area (Å²) >= 11 is 0. The summed E-state index contributed by atoms with van der Waals surface area (Å²) in [5.41, 5.74) is -0.398. The van der Waals surface area contributed by atoms with Gasteiger partial charge in [0.25, 0.3) is 0 Å². The number of carbonyl (C=O) groups is 2. The Labute approximate surface area is 123 Å². The van der Waals surface area contributed by atoms with E-state index in [1.165, 1.54) is 43.3 Å². The van der Waals surface area contributed by atoms with E-state index in [-0.39, 0.29) is 5.56 Å². The molecule has 0 spiro atoms. The summed E-state index contributed by atoms with van der Waals surface area (Å²) in [5.74, 6) is -2.51. The monoisotopic (exact) mass is 294 g/mol. The molecule has 0 saturated carbocycles. The normalized spacial score (nSPS) is 14.7. The zero-order valence-corrected chi connectivity index (χ0v) is 12.6. The number of allylic oxidation sites excluding steroid dienone is 1. The minimum Gasteiger partial charge on any atom is -0.426 e. The molecule has 1 atom stereocenters. The largest absolute Gasteiger partial charge is 0.426 e. The lowest BCUT2D eigenvalue weighted by Crippen LogP contribution is -2.40. The van der Waals surface area contributed by atoms with Crippen LogP contribution in [0.5, 0.6) is 0 Å². The first kappa shape index (κ1) is 17.0. The number of halogens is 1. The van der Waals surface area contributed by atoms with E-state index in [1.807, 2.05) is 0 Å². The first-order valence-electron chi connectivity index (χ1n) is 6.47. The molecule has 5 heteroatoms. The van der Waals surface area contributed by atoms with E-state index < -0.39 is 23.2 Å². The summed E-state index contributed by atoms with van der Waals surface area (Å²) < 4.78 is 23.8. The first-order valence-corrected chi connectivity index (χ1v) is 6.47. The molecule has 1 aromatic rings. The van der Waals surface area contributed by atoms with E-state index in [0.717, 1.165) is 0 Å². The quantitative estimate of drug-likeness (QED) is 0.362. The van der Waals surface area contributed by atoms with Crippen molar-refractivity contribution in [1.82, 2.24) is 0 Å². The maximum absolute atomic E-state index is 12.9. The van der Waals surface area contributed by atoms with Crippen molar-refractivity contribution >= 4 is 12.3 Å². The van der Waals surface area contributed by atoms with E-state index in [4.69, 9.17) is 9.47 Å². The molecule has 114 valence electrons. The second kappa shape index (κ2) is 6.63. The Morgan fingerprint density at radius 3 is 2.19 bits per heavy atom. The van der Waals surface area contributed by atoms with E-state index in [0.29, 0.717) is 6.29 Å². The minimum atomic E-state index is -1.40. The van der Waals surface area contributed by atoms with E-state index >= 15 is 0 Å². The molecule has 0 bridgehead atoms. The number of benzene rings is 1. The summed E-state index contributed by atoms with van der Waals surface area (Å²) in [4.78, 5) is 22.6. The van der Waals surface area contributed by atoms with Gasteiger partial charge in [-0.25, -0.2) is 9.18 Å². The Bertz CT molecular complexity index is 528. The predicted octanol–water partition coefficient (Wildman–Crippen LogP) is 3.27. The predicted molar refractivity (Wildman–Crippen MR) is 76.3 cm³/mol. The van der Waals surface area contributed by atoms with Crippen LogP contribution in [0.3, 0.4) is 0 Å². The highest BCUT2D eigenvalue weighted by atomic mass is 19.1. The number of ether oxygens (including phenoxy) is 2.